The summed E-state index contributed by atoms with van der Waals surface area (Å²) in [7, 11) is 0. The number of hydrogen-bond donors (Lipinski definition) is 0. The van der Waals surface area contributed by atoms with Gasteiger partial charge in [-0.3, -0.25) is 0 Å². The minimum Gasteiger partial charge on any atom is -0.381 e. The van der Waals surface area contributed by atoms with Gasteiger partial charge >= 0.3 is 0 Å². The second-order valence-electron chi connectivity index (χ2n) is 4.25. The second kappa shape index (κ2) is 12.7. The van der Waals surface area contributed by atoms with Crippen LogP contribution in [-0.4, -0.2) is 26.4 Å². The molecule has 0 aromatic heterocycles. The highest BCUT2D eigenvalue weighted by molar-refractivity contribution is 4.72. The Hall–Kier alpha value is -0.340. The van der Waals surface area contributed by atoms with Crippen molar-refractivity contribution in [3.05, 3.63) is 12.7 Å². The SMILES string of the molecule is C=CCC(COCCCC)COCCCC. The van der Waals surface area contributed by atoms with Crippen LogP contribution in [-0.2, 0) is 9.47 Å². The molecule has 0 aromatic rings. The highest BCUT2D eigenvalue weighted by Crippen LogP contribution is 2.06. The van der Waals surface area contributed by atoms with E-state index in [2.05, 4.69) is 20.4 Å². The fourth-order valence-electron chi connectivity index (χ4n) is 1.41. The first-order valence-electron chi connectivity index (χ1n) is 6.61. The van der Waals surface area contributed by atoms with E-state index in [4.69, 9.17) is 9.47 Å². The summed E-state index contributed by atoms with van der Waals surface area (Å²) in [6.45, 7) is 11.5. The molecule has 0 rings (SSSR count). The predicted octanol–water partition coefficient (Wildman–Crippen LogP) is 3.81. The molecule has 0 aromatic carbocycles. The monoisotopic (exact) mass is 228 g/mol. The van der Waals surface area contributed by atoms with Gasteiger partial charge in [-0.25, -0.2) is 0 Å². The largest absolute Gasteiger partial charge is 0.381 e. The van der Waals surface area contributed by atoms with Crippen LogP contribution in [0.4, 0.5) is 0 Å². The molecule has 0 amide bonds. The van der Waals surface area contributed by atoms with Crippen molar-refractivity contribution in [1.29, 1.82) is 0 Å². The van der Waals surface area contributed by atoms with E-state index < -0.39 is 0 Å². The van der Waals surface area contributed by atoms with E-state index in [-0.39, 0.29) is 0 Å². The maximum atomic E-state index is 5.62. The summed E-state index contributed by atoms with van der Waals surface area (Å²) >= 11 is 0. The van der Waals surface area contributed by atoms with Gasteiger partial charge in [0, 0.05) is 19.1 Å². The summed E-state index contributed by atoms with van der Waals surface area (Å²) in [6.07, 6.45) is 7.63. The molecule has 0 bridgehead atoms. The lowest BCUT2D eigenvalue weighted by Gasteiger charge is -2.15. The maximum absolute atomic E-state index is 5.62. The van der Waals surface area contributed by atoms with Gasteiger partial charge in [0.1, 0.15) is 0 Å². The van der Waals surface area contributed by atoms with Crippen LogP contribution >= 0.6 is 0 Å². The summed E-state index contributed by atoms with van der Waals surface area (Å²) in [5, 5.41) is 0. The van der Waals surface area contributed by atoms with E-state index in [1.165, 1.54) is 12.8 Å². The normalized spacial score (nSPS) is 10.9. The van der Waals surface area contributed by atoms with E-state index in [1.54, 1.807) is 0 Å². The fourth-order valence-corrected chi connectivity index (χ4v) is 1.41. The smallest absolute Gasteiger partial charge is 0.0519 e. The quantitative estimate of drug-likeness (QED) is 0.373. The summed E-state index contributed by atoms with van der Waals surface area (Å²) in [5.41, 5.74) is 0. The van der Waals surface area contributed by atoms with Gasteiger partial charge in [-0.15, -0.1) is 6.58 Å². The van der Waals surface area contributed by atoms with Crippen molar-refractivity contribution in [1.82, 2.24) is 0 Å². The predicted molar refractivity (Wildman–Crippen MR) is 69.8 cm³/mol. The van der Waals surface area contributed by atoms with Gasteiger partial charge in [0.15, 0.2) is 0 Å². The molecule has 0 saturated carbocycles. The summed E-state index contributed by atoms with van der Waals surface area (Å²) < 4.78 is 11.2. The van der Waals surface area contributed by atoms with Crippen LogP contribution in [0.2, 0.25) is 0 Å². The third-order valence-electron chi connectivity index (χ3n) is 2.49. The van der Waals surface area contributed by atoms with E-state index in [1.807, 2.05) is 6.08 Å². The Labute approximate surface area is 101 Å². The second-order valence-corrected chi connectivity index (χ2v) is 4.25. The van der Waals surface area contributed by atoms with Gasteiger partial charge in [0.25, 0.3) is 0 Å². The molecule has 0 N–H and O–H groups in total. The molecule has 96 valence electrons. The lowest BCUT2D eigenvalue weighted by Crippen LogP contribution is -2.16. The summed E-state index contributed by atoms with van der Waals surface area (Å²) in [4.78, 5) is 0. The molecule has 2 nitrogen and oxygen atoms in total. The first kappa shape index (κ1) is 15.7. The van der Waals surface area contributed by atoms with Crippen LogP contribution < -0.4 is 0 Å². The molecule has 0 fully saturated rings. The van der Waals surface area contributed by atoms with Crippen molar-refractivity contribution < 1.29 is 9.47 Å². The minimum absolute atomic E-state index is 0.478. The average Bonchev–Trinajstić information content (AvgIpc) is 2.30. The molecule has 0 aliphatic heterocycles. The molecular weight excluding hydrogens is 200 g/mol. The molecule has 16 heavy (non-hydrogen) atoms. The first-order valence-corrected chi connectivity index (χ1v) is 6.61. The molecule has 0 saturated heterocycles. The van der Waals surface area contributed by atoms with Crippen LogP contribution in [0.5, 0.6) is 0 Å². The molecule has 0 unspecified atom stereocenters. The molecule has 0 aliphatic carbocycles. The van der Waals surface area contributed by atoms with Crippen molar-refractivity contribution >= 4 is 0 Å². The number of allylic oxidation sites excluding steroid dienone is 1. The number of hydrogen-bond acceptors (Lipinski definition) is 2. The zero-order valence-corrected chi connectivity index (χ0v) is 11.0. The van der Waals surface area contributed by atoms with Crippen LogP contribution in [0.25, 0.3) is 0 Å². The Bertz CT molecular complexity index is 134. The summed E-state index contributed by atoms with van der Waals surface area (Å²) in [6, 6.07) is 0. The Morgan fingerprint density at radius 1 is 1.00 bits per heavy atom. The number of ether oxygens (including phenoxy) is 2. The lowest BCUT2D eigenvalue weighted by atomic mass is 10.1. The van der Waals surface area contributed by atoms with Gasteiger partial charge in [-0.2, -0.15) is 0 Å². The molecule has 2 heteroatoms. The summed E-state index contributed by atoms with van der Waals surface area (Å²) in [5.74, 6) is 0.478. The minimum atomic E-state index is 0.478. The third-order valence-corrected chi connectivity index (χ3v) is 2.49. The zero-order valence-electron chi connectivity index (χ0n) is 11.0. The Morgan fingerprint density at radius 3 is 1.88 bits per heavy atom. The third kappa shape index (κ3) is 10.2. The van der Waals surface area contributed by atoms with Crippen LogP contribution in [0.1, 0.15) is 46.0 Å². The Kier molecular flexibility index (Phi) is 12.5. The van der Waals surface area contributed by atoms with Crippen molar-refractivity contribution in [2.45, 2.75) is 46.0 Å². The number of unbranched alkanes of at least 4 members (excludes halogenated alkanes) is 2. The molecule has 0 spiro atoms. The molecule has 0 aliphatic rings. The van der Waals surface area contributed by atoms with Crippen molar-refractivity contribution in [2.24, 2.45) is 5.92 Å². The molecular formula is C14H28O2. The fraction of sp³-hybridized carbons (Fsp3) is 0.857. The van der Waals surface area contributed by atoms with E-state index in [0.717, 1.165) is 45.7 Å². The van der Waals surface area contributed by atoms with Gasteiger partial charge in [0.2, 0.25) is 0 Å². The van der Waals surface area contributed by atoms with Crippen LogP contribution in [0, 0.1) is 5.92 Å². The van der Waals surface area contributed by atoms with Gasteiger partial charge in [0.05, 0.1) is 13.2 Å². The van der Waals surface area contributed by atoms with Crippen molar-refractivity contribution in [3.63, 3.8) is 0 Å². The van der Waals surface area contributed by atoms with E-state index in [9.17, 15) is 0 Å². The Morgan fingerprint density at radius 2 is 1.50 bits per heavy atom. The van der Waals surface area contributed by atoms with Crippen LogP contribution in [0.3, 0.4) is 0 Å². The van der Waals surface area contributed by atoms with E-state index in [0.29, 0.717) is 5.92 Å². The molecule has 0 radical (unpaired) electrons. The maximum Gasteiger partial charge on any atom is 0.0519 e. The van der Waals surface area contributed by atoms with Gasteiger partial charge in [-0.05, 0) is 19.3 Å². The first-order chi connectivity index (χ1) is 7.85. The molecule has 0 heterocycles. The Balaban J connectivity index is 3.49. The topological polar surface area (TPSA) is 18.5 Å². The lowest BCUT2D eigenvalue weighted by molar-refractivity contribution is 0.0385. The van der Waals surface area contributed by atoms with Crippen LogP contribution in [0.15, 0.2) is 12.7 Å². The van der Waals surface area contributed by atoms with Crippen molar-refractivity contribution in [3.8, 4) is 0 Å². The van der Waals surface area contributed by atoms with Gasteiger partial charge in [-0.1, -0.05) is 32.8 Å². The number of rotatable bonds is 12. The van der Waals surface area contributed by atoms with Gasteiger partial charge < -0.3 is 9.47 Å². The zero-order chi connectivity index (χ0) is 12.1. The standard InChI is InChI=1S/C14H28O2/c1-4-7-10-15-12-14(9-6-3)13-16-11-8-5-2/h6,14H,3-5,7-13H2,1-2H3. The highest BCUT2D eigenvalue weighted by atomic mass is 16.5. The highest BCUT2D eigenvalue weighted by Gasteiger charge is 2.07. The molecule has 0 atom stereocenters. The van der Waals surface area contributed by atoms with Crippen molar-refractivity contribution in [2.75, 3.05) is 26.4 Å². The van der Waals surface area contributed by atoms with E-state index >= 15 is 0 Å². The average molecular weight is 228 g/mol.